The fourth-order valence-electron chi connectivity index (χ4n) is 2.14. The minimum atomic E-state index is -0.298. The molecule has 1 saturated heterocycles. The SMILES string of the molecule is CSc1cc(N(C)C)ccc1B1OC(C)(C)C(C)(C)O1. The normalized spacial score (nSPS) is 20.2. The monoisotopic (exact) mass is 293 g/mol. The van der Waals surface area contributed by atoms with Gasteiger partial charge in [-0.1, -0.05) is 6.07 Å². The Labute approximate surface area is 127 Å². The number of rotatable bonds is 3. The summed E-state index contributed by atoms with van der Waals surface area (Å²) in [6.07, 6.45) is 2.09. The zero-order valence-electron chi connectivity index (χ0n) is 13.5. The van der Waals surface area contributed by atoms with Gasteiger partial charge in [-0.05, 0) is 51.5 Å². The Morgan fingerprint density at radius 3 is 2.05 bits per heavy atom. The van der Waals surface area contributed by atoms with E-state index in [0.717, 1.165) is 5.46 Å². The van der Waals surface area contributed by atoms with Gasteiger partial charge in [-0.3, -0.25) is 0 Å². The summed E-state index contributed by atoms with van der Waals surface area (Å²) in [6, 6.07) is 6.41. The highest BCUT2D eigenvalue weighted by Gasteiger charge is 2.52. The van der Waals surface area contributed by atoms with E-state index in [9.17, 15) is 0 Å². The quantitative estimate of drug-likeness (QED) is 0.631. The summed E-state index contributed by atoms with van der Waals surface area (Å²) in [5, 5.41) is 0. The second-order valence-corrected chi connectivity index (χ2v) is 7.26. The fraction of sp³-hybridized carbons (Fsp3) is 0.600. The average molecular weight is 293 g/mol. The summed E-state index contributed by atoms with van der Waals surface area (Å²) >= 11 is 1.73. The van der Waals surface area contributed by atoms with E-state index in [2.05, 4.69) is 57.0 Å². The van der Waals surface area contributed by atoms with Crippen LogP contribution >= 0.6 is 11.8 Å². The van der Waals surface area contributed by atoms with Crippen LogP contribution in [-0.4, -0.2) is 38.7 Å². The number of nitrogens with zero attached hydrogens (tertiary/aromatic N) is 1. The van der Waals surface area contributed by atoms with Crippen LogP contribution in [0.4, 0.5) is 5.69 Å². The maximum atomic E-state index is 6.14. The van der Waals surface area contributed by atoms with Gasteiger partial charge in [0.05, 0.1) is 11.2 Å². The summed E-state index contributed by atoms with van der Waals surface area (Å²) in [4.78, 5) is 3.31. The van der Waals surface area contributed by atoms with Crippen molar-refractivity contribution in [3.63, 3.8) is 0 Å². The molecule has 0 unspecified atom stereocenters. The van der Waals surface area contributed by atoms with Crippen molar-refractivity contribution in [2.24, 2.45) is 0 Å². The van der Waals surface area contributed by atoms with Crippen molar-refractivity contribution in [3.8, 4) is 0 Å². The Hall–Kier alpha value is -0.645. The number of thioether (sulfide) groups is 1. The van der Waals surface area contributed by atoms with Gasteiger partial charge in [-0.2, -0.15) is 0 Å². The Morgan fingerprint density at radius 2 is 1.60 bits per heavy atom. The topological polar surface area (TPSA) is 21.7 Å². The van der Waals surface area contributed by atoms with Crippen molar-refractivity contribution in [1.29, 1.82) is 0 Å². The van der Waals surface area contributed by atoms with Crippen molar-refractivity contribution >= 4 is 30.0 Å². The molecule has 1 aliphatic heterocycles. The fourth-order valence-corrected chi connectivity index (χ4v) is 2.78. The lowest BCUT2D eigenvalue weighted by molar-refractivity contribution is 0.00578. The number of anilines is 1. The molecule has 1 heterocycles. The molecule has 1 aromatic carbocycles. The molecule has 20 heavy (non-hydrogen) atoms. The number of hydrogen-bond donors (Lipinski definition) is 0. The van der Waals surface area contributed by atoms with Gasteiger partial charge >= 0.3 is 7.12 Å². The third-order valence-corrected chi connectivity index (χ3v) is 5.03. The van der Waals surface area contributed by atoms with Crippen LogP contribution in [0.2, 0.25) is 0 Å². The van der Waals surface area contributed by atoms with Crippen LogP contribution in [0.5, 0.6) is 0 Å². The van der Waals surface area contributed by atoms with E-state index in [4.69, 9.17) is 9.31 Å². The Kier molecular flexibility index (Phi) is 4.16. The van der Waals surface area contributed by atoms with Gasteiger partial charge in [-0.25, -0.2) is 0 Å². The van der Waals surface area contributed by atoms with Gasteiger partial charge in [-0.15, -0.1) is 11.8 Å². The van der Waals surface area contributed by atoms with Crippen LogP contribution in [0, 0.1) is 0 Å². The number of hydrogen-bond acceptors (Lipinski definition) is 4. The maximum absolute atomic E-state index is 6.14. The molecule has 0 spiro atoms. The molecule has 0 saturated carbocycles. The standard InChI is InChI=1S/C15H24BNO2S/c1-14(2)15(3,4)19-16(18-14)12-9-8-11(17(5)6)10-13(12)20-7/h8-10H,1-7H3. The van der Waals surface area contributed by atoms with Crippen LogP contribution in [0.1, 0.15) is 27.7 Å². The molecule has 1 fully saturated rings. The third-order valence-electron chi connectivity index (χ3n) is 4.24. The van der Waals surface area contributed by atoms with E-state index in [0.29, 0.717) is 0 Å². The minimum Gasteiger partial charge on any atom is -0.399 e. The van der Waals surface area contributed by atoms with Crippen molar-refractivity contribution < 1.29 is 9.31 Å². The van der Waals surface area contributed by atoms with Crippen LogP contribution in [0.3, 0.4) is 0 Å². The van der Waals surface area contributed by atoms with E-state index in [1.54, 1.807) is 11.8 Å². The Morgan fingerprint density at radius 1 is 1.05 bits per heavy atom. The first-order chi connectivity index (χ1) is 9.18. The van der Waals surface area contributed by atoms with Crippen molar-refractivity contribution in [2.75, 3.05) is 25.3 Å². The van der Waals surface area contributed by atoms with E-state index in [1.165, 1.54) is 10.6 Å². The van der Waals surface area contributed by atoms with E-state index < -0.39 is 0 Å². The first-order valence-corrected chi connectivity index (χ1v) is 8.11. The summed E-state index contributed by atoms with van der Waals surface area (Å²) in [5.74, 6) is 0. The molecule has 1 aliphatic rings. The average Bonchev–Trinajstić information content (AvgIpc) is 2.57. The second kappa shape index (κ2) is 5.28. The molecule has 0 aliphatic carbocycles. The highest BCUT2D eigenvalue weighted by atomic mass is 32.2. The van der Waals surface area contributed by atoms with Gasteiger partial charge < -0.3 is 14.2 Å². The molecule has 2 rings (SSSR count). The lowest BCUT2D eigenvalue weighted by Crippen LogP contribution is -2.41. The molecule has 0 aromatic heterocycles. The van der Waals surface area contributed by atoms with Crippen LogP contribution in [0.25, 0.3) is 0 Å². The zero-order valence-corrected chi connectivity index (χ0v) is 14.3. The van der Waals surface area contributed by atoms with Crippen molar-refractivity contribution in [2.45, 2.75) is 43.8 Å². The predicted octanol–water partition coefficient (Wildman–Crippen LogP) is 2.77. The summed E-state index contributed by atoms with van der Waals surface area (Å²) in [7, 11) is 3.81. The van der Waals surface area contributed by atoms with Gasteiger partial charge in [0.15, 0.2) is 0 Å². The van der Waals surface area contributed by atoms with Crippen molar-refractivity contribution in [1.82, 2.24) is 0 Å². The summed E-state index contributed by atoms with van der Waals surface area (Å²) in [5.41, 5.74) is 1.71. The van der Waals surface area contributed by atoms with Crippen molar-refractivity contribution in [3.05, 3.63) is 18.2 Å². The maximum Gasteiger partial charge on any atom is 0.495 e. The summed E-state index contributed by atoms with van der Waals surface area (Å²) < 4.78 is 12.3. The molecule has 0 amide bonds. The Bertz CT molecular complexity index is 487. The molecule has 0 bridgehead atoms. The molecule has 110 valence electrons. The first-order valence-electron chi connectivity index (χ1n) is 6.89. The molecular formula is C15H24BNO2S. The minimum absolute atomic E-state index is 0.293. The highest BCUT2D eigenvalue weighted by molar-refractivity contribution is 7.98. The second-order valence-electron chi connectivity index (χ2n) is 6.41. The molecule has 0 atom stereocenters. The smallest absolute Gasteiger partial charge is 0.399 e. The lowest BCUT2D eigenvalue weighted by Gasteiger charge is -2.32. The molecular weight excluding hydrogens is 269 g/mol. The summed E-state index contributed by atoms with van der Waals surface area (Å²) in [6.45, 7) is 8.33. The van der Waals surface area contributed by atoms with Gasteiger partial charge in [0.2, 0.25) is 0 Å². The molecule has 0 radical (unpaired) electrons. The third kappa shape index (κ3) is 2.71. The molecule has 5 heteroatoms. The van der Waals surface area contributed by atoms with E-state index in [1.807, 2.05) is 14.1 Å². The van der Waals surface area contributed by atoms with Gasteiger partial charge in [0.25, 0.3) is 0 Å². The molecule has 3 nitrogen and oxygen atoms in total. The molecule has 1 aromatic rings. The van der Waals surface area contributed by atoms with Gasteiger partial charge in [0, 0.05) is 24.7 Å². The molecule has 0 N–H and O–H groups in total. The van der Waals surface area contributed by atoms with Crippen LogP contribution < -0.4 is 10.4 Å². The van der Waals surface area contributed by atoms with E-state index >= 15 is 0 Å². The predicted molar refractivity (Wildman–Crippen MR) is 88.3 cm³/mol. The van der Waals surface area contributed by atoms with Crippen LogP contribution in [-0.2, 0) is 9.31 Å². The largest absolute Gasteiger partial charge is 0.495 e. The van der Waals surface area contributed by atoms with E-state index in [-0.39, 0.29) is 18.3 Å². The lowest BCUT2D eigenvalue weighted by atomic mass is 9.79. The highest BCUT2D eigenvalue weighted by Crippen LogP contribution is 2.37. The van der Waals surface area contributed by atoms with Crippen LogP contribution in [0.15, 0.2) is 23.1 Å². The van der Waals surface area contributed by atoms with Gasteiger partial charge in [0.1, 0.15) is 0 Å². The first kappa shape index (κ1) is 15.7. The Balaban J connectivity index is 2.35. The number of benzene rings is 1. The zero-order chi connectivity index (χ0) is 15.1.